The minimum Gasteiger partial charge on any atom is -0.497 e. The summed E-state index contributed by atoms with van der Waals surface area (Å²) in [5.41, 5.74) is 2.97. The zero-order chi connectivity index (χ0) is 24.2. The van der Waals surface area contributed by atoms with Crippen molar-refractivity contribution in [2.75, 3.05) is 19.7 Å². The molecule has 0 spiro atoms. The average Bonchev–Trinajstić information content (AvgIpc) is 3.62. The van der Waals surface area contributed by atoms with E-state index in [-0.39, 0.29) is 18.5 Å². The van der Waals surface area contributed by atoms with Gasteiger partial charge in [0.05, 0.1) is 12.9 Å². The molecule has 10 heteroatoms. The molecule has 5 rings (SSSR count). The van der Waals surface area contributed by atoms with E-state index in [1.807, 2.05) is 66.3 Å². The van der Waals surface area contributed by atoms with E-state index >= 15 is 0 Å². The standard InChI is InChI=1S/C25H25N5O4S/c1-29-11-3-4-19(29)13-23-27-28-25(30(23)18-6-8-20(32-2)9-7-18)35-15-24(31)26-14-17-5-10-21-22(12-17)34-16-33-21/h3-12H,13-16H2,1-2H3,(H,26,31). The summed E-state index contributed by atoms with van der Waals surface area (Å²) in [5, 5.41) is 12.4. The number of fused-ring (bicyclic) bond motifs is 1. The van der Waals surface area contributed by atoms with Gasteiger partial charge >= 0.3 is 0 Å². The van der Waals surface area contributed by atoms with Gasteiger partial charge in [-0.1, -0.05) is 17.8 Å². The number of methoxy groups -OCH3 is 1. The van der Waals surface area contributed by atoms with Crippen molar-refractivity contribution in [3.8, 4) is 22.9 Å². The van der Waals surface area contributed by atoms with Crippen molar-refractivity contribution >= 4 is 17.7 Å². The van der Waals surface area contributed by atoms with E-state index < -0.39 is 0 Å². The Kier molecular flexibility index (Phi) is 6.62. The third-order valence-electron chi connectivity index (χ3n) is 5.68. The first-order valence-electron chi connectivity index (χ1n) is 11.1. The summed E-state index contributed by atoms with van der Waals surface area (Å²) in [4.78, 5) is 12.6. The molecule has 4 aromatic rings. The van der Waals surface area contributed by atoms with Gasteiger partial charge in [-0.3, -0.25) is 9.36 Å². The van der Waals surface area contributed by atoms with Crippen molar-refractivity contribution in [1.82, 2.24) is 24.6 Å². The van der Waals surface area contributed by atoms with Gasteiger partial charge in [0.1, 0.15) is 11.6 Å². The Bertz CT molecular complexity index is 1330. The first-order chi connectivity index (χ1) is 17.1. The predicted molar refractivity (Wildman–Crippen MR) is 131 cm³/mol. The number of amides is 1. The fourth-order valence-electron chi connectivity index (χ4n) is 3.77. The van der Waals surface area contributed by atoms with Crippen LogP contribution >= 0.6 is 11.8 Å². The fraction of sp³-hybridized carbons (Fsp3) is 0.240. The van der Waals surface area contributed by atoms with Crippen LogP contribution < -0.4 is 19.5 Å². The number of ether oxygens (including phenoxy) is 3. The molecule has 180 valence electrons. The van der Waals surface area contributed by atoms with E-state index in [0.29, 0.717) is 23.9 Å². The lowest BCUT2D eigenvalue weighted by molar-refractivity contribution is -0.118. The Hall–Kier alpha value is -3.92. The quantitative estimate of drug-likeness (QED) is 0.359. The molecule has 1 aliphatic heterocycles. The summed E-state index contributed by atoms with van der Waals surface area (Å²) in [6.07, 6.45) is 2.61. The van der Waals surface area contributed by atoms with Crippen LogP contribution in [0, 0.1) is 0 Å². The van der Waals surface area contributed by atoms with Crippen LogP contribution in [-0.2, 0) is 24.8 Å². The number of thioether (sulfide) groups is 1. The lowest BCUT2D eigenvalue weighted by Crippen LogP contribution is -2.24. The smallest absolute Gasteiger partial charge is 0.231 e. The van der Waals surface area contributed by atoms with Crippen LogP contribution in [0.4, 0.5) is 0 Å². The molecule has 0 unspecified atom stereocenters. The molecule has 1 amide bonds. The number of rotatable bonds is 9. The molecule has 0 radical (unpaired) electrons. The first kappa shape index (κ1) is 22.9. The van der Waals surface area contributed by atoms with Gasteiger partial charge in [0.2, 0.25) is 12.7 Å². The van der Waals surface area contributed by atoms with Gasteiger partial charge in [-0.25, -0.2) is 0 Å². The second-order valence-electron chi connectivity index (χ2n) is 7.97. The molecule has 0 fully saturated rings. The van der Waals surface area contributed by atoms with Gasteiger partial charge in [-0.15, -0.1) is 10.2 Å². The fourth-order valence-corrected chi connectivity index (χ4v) is 4.57. The van der Waals surface area contributed by atoms with Crippen molar-refractivity contribution in [3.63, 3.8) is 0 Å². The molecule has 0 saturated carbocycles. The van der Waals surface area contributed by atoms with Gasteiger partial charge in [0, 0.05) is 37.6 Å². The number of carbonyl (C=O) groups excluding carboxylic acids is 1. The zero-order valence-electron chi connectivity index (χ0n) is 19.4. The Morgan fingerprint density at radius 3 is 2.71 bits per heavy atom. The third kappa shape index (κ3) is 5.12. The Labute approximate surface area is 207 Å². The maximum atomic E-state index is 12.6. The Morgan fingerprint density at radius 2 is 1.94 bits per heavy atom. The van der Waals surface area contributed by atoms with E-state index in [2.05, 4.69) is 26.1 Å². The minimum atomic E-state index is -0.0964. The molecule has 9 nitrogen and oxygen atoms in total. The monoisotopic (exact) mass is 491 g/mol. The maximum Gasteiger partial charge on any atom is 0.231 e. The number of aryl methyl sites for hydroxylation is 1. The third-order valence-corrected chi connectivity index (χ3v) is 6.61. The van der Waals surface area contributed by atoms with Crippen molar-refractivity contribution in [2.45, 2.75) is 18.1 Å². The van der Waals surface area contributed by atoms with E-state index in [1.165, 1.54) is 11.8 Å². The van der Waals surface area contributed by atoms with Gasteiger partial charge in [-0.2, -0.15) is 0 Å². The zero-order valence-corrected chi connectivity index (χ0v) is 20.2. The van der Waals surface area contributed by atoms with Gasteiger partial charge in [-0.05, 0) is 54.1 Å². The molecule has 0 atom stereocenters. The highest BCUT2D eigenvalue weighted by Gasteiger charge is 2.18. The lowest BCUT2D eigenvalue weighted by atomic mass is 10.2. The number of benzene rings is 2. The van der Waals surface area contributed by atoms with E-state index in [0.717, 1.165) is 34.3 Å². The summed E-state index contributed by atoms with van der Waals surface area (Å²) in [7, 11) is 3.64. The highest BCUT2D eigenvalue weighted by atomic mass is 32.2. The highest BCUT2D eigenvalue weighted by molar-refractivity contribution is 7.99. The Balaban J connectivity index is 1.29. The SMILES string of the molecule is COc1ccc(-n2c(Cc3cccn3C)nnc2SCC(=O)NCc2ccc3c(c2)OCO3)cc1. The van der Waals surface area contributed by atoms with Crippen LogP contribution in [0.15, 0.2) is 66.0 Å². The van der Waals surface area contributed by atoms with Crippen LogP contribution in [0.2, 0.25) is 0 Å². The molecular formula is C25H25N5O4S. The van der Waals surface area contributed by atoms with Gasteiger partial charge in [0.25, 0.3) is 0 Å². The number of carbonyl (C=O) groups is 1. The molecule has 3 heterocycles. The number of nitrogens with zero attached hydrogens (tertiary/aromatic N) is 4. The van der Waals surface area contributed by atoms with Crippen LogP contribution in [0.25, 0.3) is 5.69 Å². The van der Waals surface area contributed by atoms with Crippen LogP contribution in [0.1, 0.15) is 17.1 Å². The van der Waals surface area contributed by atoms with Crippen molar-refractivity contribution in [3.05, 3.63) is 77.9 Å². The number of nitrogens with one attached hydrogen (secondary N) is 1. The molecule has 1 N–H and O–H groups in total. The molecule has 2 aromatic heterocycles. The molecule has 0 saturated heterocycles. The predicted octanol–water partition coefficient (Wildman–Crippen LogP) is 3.34. The van der Waals surface area contributed by atoms with E-state index in [9.17, 15) is 4.79 Å². The summed E-state index contributed by atoms with van der Waals surface area (Å²) in [6.45, 7) is 0.628. The number of hydrogen-bond donors (Lipinski definition) is 1. The number of aromatic nitrogens is 4. The average molecular weight is 492 g/mol. The summed E-state index contributed by atoms with van der Waals surface area (Å²) in [5.74, 6) is 3.09. The molecule has 2 aromatic carbocycles. The lowest BCUT2D eigenvalue weighted by Gasteiger charge is -2.12. The van der Waals surface area contributed by atoms with Gasteiger partial charge in [0.15, 0.2) is 16.7 Å². The molecule has 35 heavy (non-hydrogen) atoms. The van der Waals surface area contributed by atoms with Gasteiger partial charge < -0.3 is 24.1 Å². The van der Waals surface area contributed by atoms with Crippen LogP contribution in [-0.4, -0.2) is 44.9 Å². The second kappa shape index (κ2) is 10.1. The Morgan fingerprint density at radius 1 is 1.11 bits per heavy atom. The molecule has 1 aliphatic rings. The topological polar surface area (TPSA) is 92.4 Å². The van der Waals surface area contributed by atoms with Crippen molar-refractivity contribution in [2.24, 2.45) is 7.05 Å². The van der Waals surface area contributed by atoms with Crippen molar-refractivity contribution < 1.29 is 19.0 Å². The maximum absolute atomic E-state index is 12.6. The van der Waals surface area contributed by atoms with E-state index in [4.69, 9.17) is 14.2 Å². The van der Waals surface area contributed by atoms with E-state index in [1.54, 1.807) is 7.11 Å². The highest BCUT2D eigenvalue weighted by Crippen LogP contribution is 2.32. The molecule has 0 bridgehead atoms. The minimum absolute atomic E-state index is 0.0964. The first-order valence-corrected chi connectivity index (χ1v) is 12.1. The summed E-state index contributed by atoms with van der Waals surface area (Å²) in [6, 6.07) is 17.4. The number of hydrogen-bond acceptors (Lipinski definition) is 7. The largest absolute Gasteiger partial charge is 0.497 e. The summed E-state index contributed by atoms with van der Waals surface area (Å²) < 4.78 is 20.1. The second-order valence-corrected chi connectivity index (χ2v) is 8.91. The molecule has 0 aliphatic carbocycles. The van der Waals surface area contributed by atoms with Crippen molar-refractivity contribution in [1.29, 1.82) is 0 Å². The normalized spacial score (nSPS) is 12.1. The van der Waals surface area contributed by atoms with Crippen LogP contribution in [0.3, 0.4) is 0 Å². The van der Waals surface area contributed by atoms with Crippen LogP contribution in [0.5, 0.6) is 17.2 Å². The summed E-state index contributed by atoms with van der Waals surface area (Å²) >= 11 is 1.35. The molecular weight excluding hydrogens is 466 g/mol.